The van der Waals surface area contributed by atoms with Gasteiger partial charge in [-0.15, -0.1) is 0 Å². The molecule has 1 saturated heterocycles. The topological polar surface area (TPSA) is 68.1 Å². The van der Waals surface area contributed by atoms with E-state index in [-0.39, 0.29) is 6.10 Å². The zero-order valence-electron chi connectivity index (χ0n) is 19.7. The quantitative estimate of drug-likeness (QED) is 0.495. The maximum Gasteiger partial charge on any atom is 0.316 e. The lowest BCUT2D eigenvalue weighted by atomic mass is 9.61. The van der Waals surface area contributed by atoms with Gasteiger partial charge in [0.15, 0.2) is 0 Å². The molecule has 1 aliphatic heterocycles. The lowest BCUT2D eigenvalue weighted by Crippen LogP contribution is -2.66. The predicted molar refractivity (Wildman–Crippen MR) is 133 cm³/mol. The Morgan fingerprint density at radius 1 is 0.971 bits per heavy atom. The highest BCUT2D eigenvalue weighted by Crippen LogP contribution is 2.47. The van der Waals surface area contributed by atoms with Crippen LogP contribution in [0.1, 0.15) is 25.7 Å². The van der Waals surface area contributed by atoms with Crippen molar-refractivity contribution in [1.29, 1.82) is 0 Å². The number of hydrogen-bond donors (Lipinski definition) is 1. The molecule has 1 aromatic carbocycles. The zero-order chi connectivity index (χ0) is 22.9. The van der Waals surface area contributed by atoms with E-state index in [1.165, 1.54) is 47.7 Å². The van der Waals surface area contributed by atoms with Crippen molar-refractivity contribution in [3.63, 3.8) is 0 Å². The molecule has 3 aromatic heterocycles. The molecule has 2 aliphatic carbocycles. The SMILES string of the molecule is Cn1c2ccncc2c2ccc(-c3cnc(O[C@H]4C[C@H](N(C)C5CC6(CNC6)C5)C4)nc3)cc21. The first kappa shape index (κ1) is 20.4. The third kappa shape index (κ3) is 3.14. The van der Waals surface area contributed by atoms with Gasteiger partial charge in [-0.2, -0.15) is 0 Å². The van der Waals surface area contributed by atoms with Crippen LogP contribution in [-0.2, 0) is 7.05 Å². The van der Waals surface area contributed by atoms with Crippen molar-refractivity contribution < 1.29 is 4.74 Å². The average Bonchev–Trinajstić information content (AvgIpc) is 3.06. The summed E-state index contributed by atoms with van der Waals surface area (Å²) in [6, 6.07) is 10.4. The van der Waals surface area contributed by atoms with Gasteiger partial charge in [-0.05, 0) is 43.0 Å². The van der Waals surface area contributed by atoms with E-state index in [1.807, 2.05) is 24.8 Å². The fourth-order valence-corrected chi connectivity index (χ4v) is 6.17. The minimum Gasteiger partial charge on any atom is -0.460 e. The average molecular weight is 455 g/mol. The number of ether oxygens (including phenoxy) is 1. The maximum absolute atomic E-state index is 6.09. The molecule has 4 heterocycles. The first-order chi connectivity index (χ1) is 16.6. The second kappa shape index (κ2) is 7.48. The van der Waals surface area contributed by atoms with Crippen LogP contribution in [0.4, 0.5) is 0 Å². The van der Waals surface area contributed by atoms with Gasteiger partial charge in [-0.1, -0.05) is 12.1 Å². The normalized spacial score (nSPS) is 23.7. The molecule has 0 atom stereocenters. The number of aryl methyl sites for hydroxylation is 1. The summed E-state index contributed by atoms with van der Waals surface area (Å²) >= 11 is 0. The second-order valence-electron chi connectivity index (χ2n) is 10.6. The molecule has 1 N–H and O–H groups in total. The van der Waals surface area contributed by atoms with Crippen molar-refractivity contribution >= 4 is 21.8 Å². The van der Waals surface area contributed by atoms with Crippen molar-refractivity contribution in [2.24, 2.45) is 12.5 Å². The van der Waals surface area contributed by atoms with E-state index in [4.69, 9.17) is 4.74 Å². The van der Waals surface area contributed by atoms with Gasteiger partial charge in [0.2, 0.25) is 0 Å². The third-order valence-electron chi connectivity index (χ3n) is 8.60. The van der Waals surface area contributed by atoms with Crippen LogP contribution in [0, 0.1) is 5.41 Å². The predicted octanol–water partition coefficient (Wildman–Crippen LogP) is 3.78. The first-order valence-electron chi connectivity index (χ1n) is 12.3. The number of nitrogens with one attached hydrogen (secondary N) is 1. The Bertz CT molecular complexity index is 1360. The molecule has 0 amide bonds. The van der Waals surface area contributed by atoms with Gasteiger partial charge in [0.05, 0.1) is 5.52 Å². The van der Waals surface area contributed by atoms with Gasteiger partial charge in [-0.3, -0.25) is 4.98 Å². The van der Waals surface area contributed by atoms with Gasteiger partial charge in [0.25, 0.3) is 0 Å². The summed E-state index contributed by atoms with van der Waals surface area (Å²) in [6.45, 7) is 2.43. The van der Waals surface area contributed by atoms with E-state index >= 15 is 0 Å². The summed E-state index contributed by atoms with van der Waals surface area (Å²) in [5.41, 5.74) is 5.08. The number of benzene rings is 1. The van der Waals surface area contributed by atoms with Crippen LogP contribution in [0.25, 0.3) is 32.9 Å². The summed E-state index contributed by atoms with van der Waals surface area (Å²) in [5, 5.41) is 5.81. The van der Waals surface area contributed by atoms with Crippen molar-refractivity contribution in [3.8, 4) is 17.1 Å². The van der Waals surface area contributed by atoms with Crippen molar-refractivity contribution in [2.75, 3.05) is 20.1 Å². The molecule has 7 heteroatoms. The fourth-order valence-electron chi connectivity index (χ4n) is 6.17. The van der Waals surface area contributed by atoms with E-state index in [1.54, 1.807) is 0 Å². The fraction of sp³-hybridized carbons (Fsp3) is 0.444. The van der Waals surface area contributed by atoms with E-state index in [0.29, 0.717) is 17.5 Å². The lowest BCUT2D eigenvalue weighted by molar-refractivity contribution is -0.0733. The van der Waals surface area contributed by atoms with Crippen LogP contribution in [0.5, 0.6) is 6.01 Å². The van der Waals surface area contributed by atoms with Crippen molar-refractivity contribution in [3.05, 3.63) is 49.1 Å². The van der Waals surface area contributed by atoms with Crippen LogP contribution in [0.3, 0.4) is 0 Å². The van der Waals surface area contributed by atoms with E-state index in [2.05, 4.69) is 68.1 Å². The molecular formula is C27H30N6O. The number of pyridine rings is 1. The standard InChI is InChI=1S/C27H30N6O/c1-32(20-10-27(11-20)15-29-16-27)19-8-21(9-19)34-26-30-12-18(13-31-26)17-3-4-22-23-14-28-6-5-24(23)33(2)25(22)7-17/h3-7,12-14,19-21,29H,8-11,15-16H2,1-2H3/t19-,21-. The van der Waals surface area contributed by atoms with Crippen LogP contribution in [-0.4, -0.2) is 62.7 Å². The van der Waals surface area contributed by atoms with Crippen LogP contribution < -0.4 is 10.1 Å². The molecule has 4 aromatic rings. The van der Waals surface area contributed by atoms with Crippen LogP contribution in [0.15, 0.2) is 49.1 Å². The number of rotatable bonds is 5. The van der Waals surface area contributed by atoms with Crippen LogP contribution in [0.2, 0.25) is 0 Å². The van der Waals surface area contributed by atoms with Gasteiger partial charge in [-0.25, -0.2) is 9.97 Å². The summed E-state index contributed by atoms with van der Waals surface area (Å²) < 4.78 is 8.30. The first-order valence-corrected chi connectivity index (χ1v) is 12.3. The Hall–Kier alpha value is -3.03. The Kier molecular flexibility index (Phi) is 4.48. The smallest absolute Gasteiger partial charge is 0.316 e. The summed E-state index contributed by atoms with van der Waals surface area (Å²) in [5.74, 6) is 0. The molecule has 7 nitrogen and oxygen atoms in total. The number of nitrogens with zero attached hydrogens (tertiary/aromatic N) is 5. The highest BCUT2D eigenvalue weighted by atomic mass is 16.5. The van der Waals surface area contributed by atoms with E-state index in [0.717, 1.165) is 30.0 Å². The molecule has 0 radical (unpaired) electrons. The molecule has 0 unspecified atom stereocenters. The molecule has 7 rings (SSSR count). The molecule has 3 aliphatic rings. The molecule has 174 valence electrons. The summed E-state index contributed by atoms with van der Waals surface area (Å²) in [4.78, 5) is 15.9. The highest BCUT2D eigenvalue weighted by molar-refractivity contribution is 6.08. The Labute approximate surface area is 199 Å². The monoisotopic (exact) mass is 454 g/mol. The Balaban J connectivity index is 1.00. The molecule has 34 heavy (non-hydrogen) atoms. The van der Waals surface area contributed by atoms with Gasteiger partial charge in [0, 0.05) is 91.7 Å². The van der Waals surface area contributed by atoms with E-state index in [9.17, 15) is 0 Å². The molecule has 2 saturated carbocycles. The Morgan fingerprint density at radius 3 is 2.50 bits per heavy atom. The summed E-state index contributed by atoms with van der Waals surface area (Å²) in [7, 11) is 4.39. The third-order valence-corrected chi connectivity index (χ3v) is 8.60. The molecule has 1 spiro atoms. The largest absolute Gasteiger partial charge is 0.460 e. The second-order valence-corrected chi connectivity index (χ2v) is 10.6. The van der Waals surface area contributed by atoms with Gasteiger partial charge < -0.3 is 19.5 Å². The lowest BCUT2D eigenvalue weighted by Gasteiger charge is -2.59. The molecular weight excluding hydrogens is 424 g/mol. The minimum absolute atomic E-state index is 0.221. The van der Waals surface area contributed by atoms with Gasteiger partial charge in [0.1, 0.15) is 6.10 Å². The van der Waals surface area contributed by atoms with Crippen LogP contribution >= 0.6 is 0 Å². The maximum atomic E-state index is 6.09. The van der Waals surface area contributed by atoms with E-state index < -0.39 is 0 Å². The minimum atomic E-state index is 0.221. The highest BCUT2D eigenvalue weighted by Gasteiger charge is 2.51. The number of aromatic nitrogens is 4. The zero-order valence-corrected chi connectivity index (χ0v) is 19.7. The number of hydrogen-bond acceptors (Lipinski definition) is 6. The van der Waals surface area contributed by atoms with Crippen molar-refractivity contribution in [1.82, 2.24) is 29.7 Å². The summed E-state index contributed by atoms with van der Waals surface area (Å²) in [6.07, 6.45) is 12.6. The molecule has 3 fully saturated rings. The number of fused-ring (bicyclic) bond motifs is 3. The van der Waals surface area contributed by atoms with Gasteiger partial charge >= 0.3 is 6.01 Å². The molecule has 0 bridgehead atoms. The Morgan fingerprint density at radius 2 is 1.76 bits per heavy atom. The van der Waals surface area contributed by atoms with Crippen molar-refractivity contribution in [2.45, 2.75) is 43.9 Å².